The number of fused-ring (bicyclic) bond motifs is 1. The van der Waals surface area contributed by atoms with Crippen molar-refractivity contribution in [2.75, 3.05) is 34.3 Å². The number of rotatable bonds is 14. The lowest BCUT2D eigenvalue weighted by Gasteiger charge is -2.36. The molecule has 22 nitrogen and oxygen atoms in total. The zero-order chi connectivity index (χ0) is 58.6. The van der Waals surface area contributed by atoms with Crippen LogP contribution in [0.2, 0.25) is 0 Å². The Morgan fingerprint density at radius 3 is 2.03 bits per heavy atom. The van der Waals surface area contributed by atoms with E-state index in [9.17, 15) is 58.2 Å². The first kappa shape index (κ1) is 64.4. The summed E-state index contributed by atoms with van der Waals surface area (Å²) in [7, 11) is 4.28. The topological polar surface area (TPSA) is 288 Å². The maximum Gasteiger partial charge on any atom is 0.329 e. The Morgan fingerprint density at radius 2 is 1.46 bits per heavy atom. The second-order valence-corrected chi connectivity index (χ2v) is 22.8. The Kier molecular flexibility index (Phi) is 23.6. The average molecular weight is 1100 g/mol. The van der Waals surface area contributed by atoms with Crippen LogP contribution in [0, 0.1) is 29.6 Å². The Balaban J connectivity index is 1.87. The van der Waals surface area contributed by atoms with Gasteiger partial charge in [0.1, 0.15) is 54.2 Å². The number of esters is 2. The van der Waals surface area contributed by atoms with E-state index >= 15 is 0 Å². The summed E-state index contributed by atoms with van der Waals surface area (Å²) >= 11 is 0. The lowest BCUT2D eigenvalue weighted by Crippen LogP contribution is -2.62. The number of ether oxygens (including phenoxy) is 3. The minimum absolute atomic E-state index is 0.0711. The summed E-state index contributed by atoms with van der Waals surface area (Å²) in [6.45, 7) is 18.2. The minimum Gasteiger partial charge on any atom is -0.497 e. The van der Waals surface area contributed by atoms with Crippen LogP contribution in [0.4, 0.5) is 0 Å². The number of Topliss-reactive ketones (excluding diaryl/α,β-unsaturated/α-hetero) is 1. The van der Waals surface area contributed by atoms with Crippen molar-refractivity contribution in [2.45, 2.75) is 194 Å². The van der Waals surface area contributed by atoms with Gasteiger partial charge >= 0.3 is 11.9 Å². The number of cyclic esters (lactones) is 2. The van der Waals surface area contributed by atoms with Crippen LogP contribution < -0.4 is 20.7 Å². The molecule has 78 heavy (non-hydrogen) atoms. The van der Waals surface area contributed by atoms with E-state index in [-0.39, 0.29) is 57.0 Å². The van der Waals surface area contributed by atoms with Gasteiger partial charge in [0.2, 0.25) is 35.4 Å². The van der Waals surface area contributed by atoms with Crippen molar-refractivity contribution < 1.29 is 72.4 Å². The SMILES string of the molecule is COc1ccc(C[C@H]2C(=O)O[C@H](C)[C@H](NC(=O)[C@H](CC(C)C)N(C)C(=O)[C@@H]3CCCN3C(=O)[C@H](C)O)C(=O)N[C@H](C(C)C)[C@@H](O)CC(=O)OC(C(C)C)C(=O)[C@H](C)C(=O)N[C@@H](CC(C)C)C(=O)N3CCC[C@H]3C(=O)N2C)cc1. The summed E-state index contributed by atoms with van der Waals surface area (Å²) in [5.74, 6) is -10.3. The molecule has 0 bridgehead atoms. The van der Waals surface area contributed by atoms with E-state index in [1.54, 1.807) is 52.0 Å². The van der Waals surface area contributed by atoms with Crippen LogP contribution in [0.3, 0.4) is 0 Å². The number of hydrogen-bond donors (Lipinski definition) is 5. The van der Waals surface area contributed by atoms with Gasteiger partial charge in [0.05, 0.1) is 31.6 Å². The Bertz CT molecular complexity index is 2310. The molecule has 3 aliphatic rings. The summed E-state index contributed by atoms with van der Waals surface area (Å²) in [5, 5.41) is 30.0. The molecule has 3 aliphatic heterocycles. The van der Waals surface area contributed by atoms with E-state index in [4.69, 9.17) is 14.2 Å². The fraction of sp³-hybridized carbons (Fsp3) is 0.714. The van der Waals surface area contributed by atoms with Crippen LogP contribution in [0.1, 0.15) is 127 Å². The number of aliphatic hydroxyl groups is 2. The first-order valence-corrected chi connectivity index (χ1v) is 27.5. The molecule has 3 fully saturated rings. The first-order valence-electron chi connectivity index (χ1n) is 27.5. The number of carbonyl (C=O) groups is 10. The maximum atomic E-state index is 14.9. The van der Waals surface area contributed by atoms with E-state index in [2.05, 4.69) is 16.0 Å². The van der Waals surface area contributed by atoms with Crippen molar-refractivity contribution in [3.63, 3.8) is 0 Å². The average Bonchev–Trinajstić information content (AvgIpc) is 4.08. The third-order valence-electron chi connectivity index (χ3n) is 14.9. The normalized spacial score (nSPS) is 27.5. The van der Waals surface area contributed by atoms with Gasteiger partial charge in [-0.05, 0) is 101 Å². The molecule has 0 radical (unpaired) electrons. The molecule has 1 aromatic carbocycles. The van der Waals surface area contributed by atoms with Crippen LogP contribution in [0.5, 0.6) is 5.75 Å². The summed E-state index contributed by atoms with van der Waals surface area (Å²) in [5.41, 5.74) is 0.569. The zero-order valence-electron chi connectivity index (χ0n) is 48.1. The lowest BCUT2D eigenvalue weighted by atomic mass is 9.92. The van der Waals surface area contributed by atoms with Crippen LogP contribution >= 0.6 is 0 Å². The first-order chi connectivity index (χ1) is 36.5. The van der Waals surface area contributed by atoms with Crippen molar-refractivity contribution >= 4 is 59.1 Å². The second-order valence-electron chi connectivity index (χ2n) is 22.8. The van der Waals surface area contributed by atoms with E-state index in [0.717, 1.165) is 0 Å². The molecule has 12 atom stereocenters. The molecular formula is C56H87N7O15. The predicted octanol–water partition coefficient (Wildman–Crippen LogP) is 1.93. The second kappa shape index (κ2) is 28.6. The number of likely N-dealkylation sites (tertiary alicyclic amines) is 1. The number of benzene rings is 1. The van der Waals surface area contributed by atoms with Gasteiger partial charge in [-0.15, -0.1) is 0 Å². The minimum atomic E-state index is -1.76. The molecule has 4 rings (SSSR count). The number of ketones is 1. The smallest absolute Gasteiger partial charge is 0.329 e. The fourth-order valence-corrected chi connectivity index (χ4v) is 10.4. The fourth-order valence-electron chi connectivity index (χ4n) is 10.4. The molecule has 3 heterocycles. The van der Waals surface area contributed by atoms with Gasteiger partial charge in [0.15, 0.2) is 11.9 Å². The van der Waals surface area contributed by atoms with E-state index in [1.165, 1.54) is 61.6 Å². The summed E-state index contributed by atoms with van der Waals surface area (Å²) in [4.78, 5) is 148. The molecular weight excluding hydrogens is 1010 g/mol. The van der Waals surface area contributed by atoms with Crippen LogP contribution in [0.25, 0.3) is 0 Å². The molecule has 0 aliphatic carbocycles. The molecule has 436 valence electrons. The van der Waals surface area contributed by atoms with Crippen LogP contribution in [-0.2, 0) is 63.8 Å². The predicted molar refractivity (Wildman–Crippen MR) is 286 cm³/mol. The Labute approximate surface area is 459 Å². The van der Waals surface area contributed by atoms with E-state index in [1.807, 2.05) is 27.7 Å². The number of methoxy groups -OCH3 is 1. The number of nitrogens with one attached hydrogen (secondary N) is 3. The largest absolute Gasteiger partial charge is 0.497 e. The van der Waals surface area contributed by atoms with Gasteiger partial charge in [-0.1, -0.05) is 67.5 Å². The number of amides is 7. The summed E-state index contributed by atoms with van der Waals surface area (Å²) in [6, 6.07) is -2.21. The van der Waals surface area contributed by atoms with Crippen LogP contribution in [0.15, 0.2) is 24.3 Å². The number of carbonyl (C=O) groups excluding carboxylic acids is 10. The van der Waals surface area contributed by atoms with Gasteiger partial charge in [-0.3, -0.25) is 43.2 Å². The summed E-state index contributed by atoms with van der Waals surface area (Å²) in [6.07, 6.45) is -5.36. The maximum absolute atomic E-state index is 14.9. The van der Waals surface area contributed by atoms with Gasteiger partial charge in [0, 0.05) is 33.6 Å². The quantitative estimate of drug-likeness (QED) is 0.131. The van der Waals surface area contributed by atoms with Crippen molar-refractivity contribution in [3.8, 4) is 5.75 Å². The van der Waals surface area contributed by atoms with E-state index < -0.39 is 150 Å². The molecule has 1 aromatic rings. The van der Waals surface area contributed by atoms with Crippen LogP contribution in [-0.4, -0.2) is 190 Å². The molecule has 0 spiro atoms. The van der Waals surface area contributed by atoms with Crippen molar-refractivity contribution in [1.29, 1.82) is 0 Å². The number of likely N-dealkylation sites (N-methyl/N-ethyl adjacent to an activating group) is 2. The highest BCUT2D eigenvalue weighted by Gasteiger charge is 2.46. The highest BCUT2D eigenvalue weighted by molar-refractivity contribution is 6.05. The Morgan fingerprint density at radius 1 is 0.833 bits per heavy atom. The highest BCUT2D eigenvalue weighted by Crippen LogP contribution is 2.27. The monoisotopic (exact) mass is 1100 g/mol. The highest BCUT2D eigenvalue weighted by atomic mass is 16.6. The van der Waals surface area contributed by atoms with Gasteiger partial charge < -0.3 is 60.0 Å². The third kappa shape index (κ3) is 16.5. The van der Waals surface area contributed by atoms with Crippen molar-refractivity contribution in [1.82, 2.24) is 35.6 Å². The molecule has 7 amide bonds. The van der Waals surface area contributed by atoms with Gasteiger partial charge in [0.25, 0.3) is 5.91 Å². The molecule has 5 N–H and O–H groups in total. The van der Waals surface area contributed by atoms with Crippen molar-refractivity contribution in [3.05, 3.63) is 29.8 Å². The molecule has 0 aromatic heterocycles. The van der Waals surface area contributed by atoms with Gasteiger partial charge in [-0.25, -0.2) is 4.79 Å². The molecule has 22 heteroatoms. The lowest BCUT2D eigenvalue weighted by molar-refractivity contribution is -0.163. The summed E-state index contributed by atoms with van der Waals surface area (Å²) < 4.78 is 17.2. The molecule has 0 saturated carbocycles. The third-order valence-corrected chi connectivity index (χ3v) is 14.9. The van der Waals surface area contributed by atoms with Gasteiger partial charge in [-0.2, -0.15) is 0 Å². The standard InChI is InChI=1S/C56H87N7O15/c1-29(2)25-38-53(72)63-24-16-18-40(63)55(74)61(13)42(27-36-19-21-37(76-14)22-20-36)56(75)77-35(11)46(59-50(69)41(26-30(3)4)60(12)54(73)39-17-15-23-62(39)52(71)34(10)64)51(70)58-45(31(5)6)43(65)28-44(66)78-48(32(7)8)47(67)33(9)49(68)57-38/h19-22,29-35,38-43,45-46,48,64-65H,15-18,23-28H2,1-14H3,(H,57,68)(H,58,70)(H,59,69)/t33-,34-,35+,38-,39-,40-,41-,42-,43-,45+,46-,48?/m0/s1. The number of nitrogens with zero attached hydrogens (tertiary/aromatic N) is 4. The van der Waals surface area contributed by atoms with E-state index in [0.29, 0.717) is 24.2 Å². The zero-order valence-corrected chi connectivity index (χ0v) is 48.1. The molecule has 3 saturated heterocycles. The molecule has 1 unspecified atom stereocenters. The number of aliphatic hydroxyl groups excluding tert-OH is 2. The number of hydrogen-bond acceptors (Lipinski definition) is 15. The Hall–Kier alpha value is -6.16. The van der Waals surface area contributed by atoms with Crippen molar-refractivity contribution in [2.24, 2.45) is 29.6 Å².